The van der Waals surface area contributed by atoms with Gasteiger partial charge in [-0.05, 0) is 54.6 Å². The number of rotatable bonds is 7. The van der Waals surface area contributed by atoms with Crippen molar-refractivity contribution in [3.63, 3.8) is 0 Å². The predicted octanol–water partition coefficient (Wildman–Crippen LogP) is 3.50. The minimum absolute atomic E-state index is 0.109. The normalized spacial score (nSPS) is 18.4. The highest BCUT2D eigenvalue weighted by atomic mass is 32.1. The molecule has 1 aliphatic heterocycles. The van der Waals surface area contributed by atoms with Gasteiger partial charge in [-0.3, -0.25) is 9.59 Å². The van der Waals surface area contributed by atoms with Gasteiger partial charge in [-0.2, -0.15) is 0 Å². The van der Waals surface area contributed by atoms with Gasteiger partial charge >= 0.3 is 0 Å². The molecule has 0 bridgehead atoms. The zero-order valence-electron chi connectivity index (χ0n) is 19.8. The van der Waals surface area contributed by atoms with Crippen molar-refractivity contribution in [1.82, 2.24) is 10.6 Å². The van der Waals surface area contributed by atoms with Crippen molar-refractivity contribution in [3.8, 4) is 0 Å². The highest BCUT2D eigenvalue weighted by molar-refractivity contribution is 7.10. The number of carbonyl (C=O) groups excluding carboxylic acids is 2. The number of benzene rings is 2. The third-order valence-electron chi connectivity index (χ3n) is 6.42. The predicted molar refractivity (Wildman–Crippen MR) is 138 cm³/mol. The third-order valence-corrected chi connectivity index (χ3v) is 7.24. The summed E-state index contributed by atoms with van der Waals surface area (Å²) in [6, 6.07) is 20.1. The van der Waals surface area contributed by atoms with Crippen LogP contribution in [-0.4, -0.2) is 30.9 Å². The summed E-state index contributed by atoms with van der Waals surface area (Å²) in [6.45, 7) is 7.03. The molecule has 3 N–H and O–H groups in total. The van der Waals surface area contributed by atoms with Crippen LogP contribution in [0.5, 0.6) is 0 Å². The van der Waals surface area contributed by atoms with Crippen LogP contribution in [0.1, 0.15) is 44.8 Å². The van der Waals surface area contributed by atoms with E-state index in [0.29, 0.717) is 5.56 Å². The summed E-state index contributed by atoms with van der Waals surface area (Å²) in [5, 5.41) is 7.98. The molecule has 176 valence electrons. The number of amides is 2. The maximum Gasteiger partial charge on any atom is 0.268 e. The van der Waals surface area contributed by atoms with Crippen molar-refractivity contribution in [1.29, 1.82) is 0 Å². The quantitative estimate of drug-likeness (QED) is 0.459. The fourth-order valence-corrected chi connectivity index (χ4v) is 4.90. The van der Waals surface area contributed by atoms with Crippen LogP contribution >= 0.6 is 11.3 Å². The molecule has 0 saturated carbocycles. The third kappa shape index (κ3) is 6.43. The van der Waals surface area contributed by atoms with Crippen LogP contribution in [-0.2, 0) is 11.3 Å². The van der Waals surface area contributed by atoms with Crippen LogP contribution in [0.2, 0.25) is 0 Å². The molecule has 0 atom stereocenters. The smallest absolute Gasteiger partial charge is 0.268 e. The Morgan fingerprint density at radius 3 is 2.44 bits per heavy atom. The first-order valence-corrected chi connectivity index (χ1v) is 12.7. The molecule has 0 radical (unpaired) electrons. The minimum Gasteiger partial charge on any atom is -0.348 e. The van der Waals surface area contributed by atoms with Gasteiger partial charge in [-0.1, -0.05) is 42.5 Å². The summed E-state index contributed by atoms with van der Waals surface area (Å²) < 4.78 is 0. The Hall–Kier alpha value is -3.22. The van der Waals surface area contributed by atoms with Crippen molar-refractivity contribution in [2.75, 3.05) is 13.1 Å². The van der Waals surface area contributed by atoms with E-state index in [4.69, 9.17) is 0 Å². The number of likely N-dealkylation sites (tertiary alicyclic amines) is 1. The molecule has 34 heavy (non-hydrogen) atoms. The summed E-state index contributed by atoms with van der Waals surface area (Å²) in [5.41, 5.74) is 4.35. The molecule has 2 amide bonds. The molecule has 5 nitrogen and oxygen atoms in total. The van der Waals surface area contributed by atoms with Crippen molar-refractivity contribution in [3.05, 3.63) is 98.9 Å². The lowest BCUT2D eigenvalue weighted by Gasteiger charge is -2.30. The summed E-state index contributed by atoms with van der Waals surface area (Å²) in [7, 11) is 0. The van der Waals surface area contributed by atoms with Crippen molar-refractivity contribution in [2.45, 2.75) is 39.3 Å². The minimum atomic E-state index is -0.275. The average molecular weight is 475 g/mol. The highest BCUT2D eigenvalue weighted by Crippen LogP contribution is 2.15. The van der Waals surface area contributed by atoms with Gasteiger partial charge in [0.05, 0.1) is 13.1 Å². The van der Waals surface area contributed by atoms with Gasteiger partial charge in [-0.25, -0.2) is 0 Å². The molecule has 0 spiro atoms. The van der Waals surface area contributed by atoms with E-state index in [1.54, 1.807) is 12.1 Å². The number of piperidine rings is 1. The second-order valence-electron chi connectivity index (χ2n) is 8.99. The summed E-state index contributed by atoms with van der Waals surface area (Å²) in [6.07, 6.45) is 3.60. The van der Waals surface area contributed by atoms with E-state index >= 15 is 0 Å². The fraction of sp³-hybridized carbons (Fsp3) is 0.286. The second-order valence-corrected chi connectivity index (χ2v) is 9.97. The Bertz CT molecular complexity index is 1150. The number of hydrogen-bond donors (Lipinski definition) is 3. The van der Waals surface area contributed by atoms with Gasteiger partial charge in [0.2, 0.25) is 0 Å². The topological polar surface area (TPSA) is 62.6 Å². The summed E-state index contributed by atoms with van der Waals surface area (Å²) in [4.78, 5) is 28.6. The van der Waals surface area contributed by atoms with Crippen LogP contribution in [0.25, 0.3) is 6.08 Å². The van der Waals surface area contributed by atoms with Gasteiger partial charge in [0.15, 0.2) is 0 Å². The van der Waals surface area contributed by atoms with Crippen molar-refractivity contribution >= 4 is 29.2 Å². The van der Waals surface area contributed by atoms with Crippen LogP contribution in [0.15, 0.2) is 71.7 Å². The molecule has 4 rings (SSSR count). The Morgan fingerprint density at radius 2 is 1.76 bits per heavy atom. The zero-order chi connectivity index (χ0) is 23.9. The van der Waals surface area contributed by atoms with E-state index < -0.39 is 0 Å². The summed E-state index contributed by atoms with van der Waals surface area (Å²) >= 11 is 1.53. The molecule has 3 aromatic rings. The largest absolute Gasteiger partial charge is 0.348 e. The van der Waals surface area contributed by atoms with Crippen molar-refractivity contribution < 1.29 is 14.5 Å². The molecule has 6 heteroatoms. The van der Waals surface area contributed by atoms with E-state index in [1.807, 2.05) is 49.6 Å². The van der Waals surface area contributed by atoms with Gasteiger partial charge in [0, 0.05) is 34.9 Å². The first-order chi connectivity index (χ1) is 16.5. The number of thiophene rings is 1. The maximum absolute atomic E-state index is 13.2. The van der Waals surface area contributed by atoms with Crippen LogP contribution in [0.3, 0.4) is 0 Å². The summed E-state index contributed by atoms with van der Waals surface area (Å²) in [5.74, 6) is -0.509. The van der Waals surface area contributed by atoms with Gasteiger partial charge in [0.1, 0.15) is 12.2 Å². The van der Waals surface area contributed by atoms with E-state index in [2.05, 4.69) is 34.9 Å². The Morgan fingerprint density at radius 1 is 1.00 bits per heavy atom. The molecule has 2 heterocycles. The van der Waals surface area contributed by atoms with E-state index in [1.165, 1.54) is 21.8 Å². The fourth-order valence-electron chi connectivity index (χ4n) is 4.25. The van der Waals surface area contributed by atoms with E-state index in [0.717, 1.165) is 48.5 Å². The molecular formula is C28H32N3O2S+. The lowest BCUT2D eigenvalue weighted by atomic mass is 10.0. The molecule has 1 aromatic heterocycles. The lowest BCUT2D eigenvalue weighted by molar-refractivity contribution is -0.918. The number of hydrogen-bond acceptors (Lipinski definition) is 3. The first-order valence-electron chi connectivity index (χ1n) is 11.8. The molecule has 0 aliphatic carbocycles. The molecule has 1 fully saturated rings. The van der Waals surface area contributed by atoms with E-state index in [-0.39, 0.29) is 23.6 Å². The van der Waals surface area contributed by atoms with Gasteiger partial charge < -0.3 is 15.5 Å². The zero-order valence-corrected chi connectivity index (χ0v) is 20.6. The number of nitrogens with one attached hydrogen (secondary N) is 3. The average Bonchev–Trinajstić information content (AvgIpc) is 3.35. The monoisotopic (exact) mass is 474 g/mol. The Labute approximate surface area is 205 Å². The van der Waals surface area contributed by atoms with Crippen LogP contribution in [0, 0.1) is 13.8 Å². The lowest BCUT2D eigenvalue weighted by Crippen LogP contribution is -3.12. The standard InChI is InChI=1S/C28H31N3O2S/c1-20-10-11-23(17-21(20)2)27(32)30-26(18-25-9-6-16-34-25)28(33)29-24-12-14-31(15-13-24)19-22-7-4-3-5-8-22/h3-11,16-18,24H,12-15,19H2,1-2H3,(H,29,33)(H,30,32)/p+1/b26-18-. The molecule has 1 aliphatic rings. The van der Waals surface area contributed by atoms with E-state index in [9.17, 15) is 9.59 Å². The Balaban J connectivity index is 1.39. The van der Waals surface area contributed by atoms with Crippen LogP contribution in [0.4, 0.5) is 0 Å². The van der Waals surface area contributed by atoms with Crippen molar-refractivity contribution in [2.24, 2.45) is 0 Å². The molecular weight excluding hydrogens is 442 g/mol. The SMILES string of the molecule is Cc1ccc(C(=O)N/C(=C\c2cccs2)C(=O)NC2CC[NH+](Cc3ccccc3)CC2)cc1C. The molecule has 0 unspecified atom stereocenters. The molecule has 2 aromatic carbocycles. The second kappa shape index (κ2) is 11.3. The Kier molecular flexibility index (Phi) is 7.93. The van der Waals surface area contributed by atoms with Gasteiger partial charge in [-0.15, -0.1) is 11.3 Å². The van der Waals surface area contributed by atoms with Gasteiger partial charge in [0.25, 0.3) is 11.8 Å². The molecule has 1 saturated heterocycles. The highest BCUT2D eigenvalue weighted by Gasteiger charge is 2.25. The maximum atomic E-state index is 13.2. The number of carbonyl (C=O) groups is 2. The number of aryl methyl sites for hydroxylation is 2. The van der Waals surface area contributed by atoms with Crippen LogP contribution < -0.4 is 15.5 Å². The number of quaternary nitrogens is 1. The first kappa shape index (κ1) is 23.9.